The van der Waals surface area contributed by atoms with Crippen molar-refractivity contribution >= 4 is 11.9 Å². The van der Waals surface area contributed by atoms with Crippen molar-refractivity contribution in [3.8, 4) is 0 Å². The SMILES string of the molecule is CC(C)=CCN1CC(=O)NCC1C(=O)O. The van der Waals surface area contributed by atoms with E-state index in [0.717, 1.165) is 5.57 Å². The number of hydrogen-bond acceptors (Lipinski definition) is 3. The molecule has 0 aliphatic carbocycles. The Bertz CT molecular complexity index is 295. The lowest BCUT2D eigenvalue weighted by Gasteiger charge is -2.31. The van der Waals surface area contributed by atoms with Gasteiger partial charge in [0.25, 0.3) is 0 Å². The third-order valence-corrected chi connectivity index (χ3v) is 2.30. The summed E-state index contributed by atoms with van der Waals surface area (Å²) < 4.78 is 0. The molecule has 1 unspecified atom stereocenters. The number of amides is 1. The quantitative estimate of drug-likeness (QED) is 0.638. The molecule has 0 aromatic heterocycles. The third kappa shape index (κ3) is 3.36. The van der Waals surface area contributed by atoms with Crippen LogP contribution in [0.1, 0.15) is 13.8 Å². The maximum atomic E-state index is 11.1. The van der Waals surface area contributed by atoms with Gasteiger partial charge >= 0.3 is 5.97 Å². The number of carbonyl (C=O) groups excluding carboxylic acids is 1. The minimum Gasteiger partial charge on any atom is -0.480 e. The van der Waals surface area contributed by atoms with E-state index < -0.39 is 12.0 Å². The summed E-state index contributed by atoms with van der Waals surface area (Å²) in [4.78, 5) is 23.7. The lowest BCUT2D eigenvalue weighted by molar-refractivity contribution is -0.145. The molecule has 0 spiro atoms. The molecule has 0 saturated carbocycles. The molecule has 1 aliphatic rings. The fourth-order valence-electron chi connectivity index (χ4n) is 1.43. The molecular weight excluding hydrogens is 196 g/mol. The first-order chi connectivity index (χ1) is 7.00. The molecule has 0 bridgehead atoms. The highest BCUT2D eigenvalue weighted by atomic mass is 16.4. The highest BCUT2D eigenvalue weighted by molar-refractivity contribution is 5.83. The monoisotopic (exact) mass is 212 g/mol. The van der Waals surface area contributed by atoms with Gasteiger partial charge in [-0.05, 0) is 13.8 Å². The molecule has 1 heterocycles. The second kappa shape index (κ2) is 4.93. The summed E-state index contributed by atoms with van der Waals surface area (Å²) in [6.45, 7) is 4.73. The summed E-state index contributed by atoms with van der Waals surface area (Å²) >= 11 is 0. The minimum absolute atomic E-state index is 0.116. The molecule has 5 nitrogen and oxygen atoms in total. The van der Waals surface area contributed by atoms with Crippen molar-refractivity contribution in [2.24, 2.45) is 0 Å². The number of hydrogen-bond donors (Lipinski definition) is 2. The lowest BCUT2D eigenvalue weighted by atomic mass is 10.2. The van der Waals surface area contributed by atoms with Crippen molar-refractivity contribution in [2.45, 2.75) is 19.9 Å². The zero-order chi connectivity index (χ0) is 11.4. The first-order valence-corrected chi connectivity index (χ1v) is 4.87. The van der Waals surface area contributed by atoms with Gasteiger partial charge in [0.2, 0.25) is 5.91 Å². The molecule has 2 N–H and O–H groups in total. The average Bonchev–Trinajstić information content (AvgIpc) is 2.14. The van der Waals surface area contributed by atoms with Gasteiger partial charge < -0.3 is 10.4 Å². The van der Waals surface area contributed by atoms with Gasteiger partial charge in [0.15, 0.2) is 0 Å². The summed E-state index contributed by atoms with van der Waals surface area (Å²) in [5.41, 5.74) is 1.12. The van der Waals surface area contributed by atoms with Gasteiger partial charge in [-0.2, -0.15) is 0 Å². The maximum absolute atomic E-state index is 11.1. The van der Waals surface area contributed by atoms with E-state index in [1.807, 2.05) is 19.9 Å². The Balaban J connectivity index is 2.66. The Hall–Kier alpha value is -1.36. The molecule has 1 fully saturated rings. The van der Waals surface area contributed by atoms with Crippen molar-refractivity contribution in [1.29, 1.82) is 0 Å². The fourth-order valence-corrected chi connectivity index (χ4v) is 1.43. The van der Waals surface area contributed by atoms with Crippen LogP contribution in [-0.4, -0.2) is 47.6 Å². The van der Waals surface area contributed by atoms with E-state index in [0.29, 0.717) is 6.54 Å². The topological polar surface area (TPSA) is 69.6 Å². The highest BCUT2D eigenvalue weighted by Crippen LogP contribution is 2.05. The standard InChI is InChI=1S/C10H16N2O3/c1-7(2)3-4-12-6-9(13)11-5-8(12)10(14)15/h3,8H,4-6H2,1-2H3,(H,11,13)(H,14,15). The van der Waals surface area contributed by atoms with Crippen LogP contribution in [-0.2, 0) is 9.59 Å². The van der Waals surface area contributed by atoms with Crippen LogP contribution in [0.4, 0.5) is 0 Å². The molecule has 1 atom stereocenters. The second-order valence-corrected chi connectivity index (χ2v) is 3.87. The largest absolute Gasteiger partial charge is 0.480 e. The number of aliphatic carboxylic acids is 1. The van der Waals surface area contributed by atoms with Crippen LogP contribution in [0, 0.1) is 0 Å². The normalized spacial score (nSPS) is 22.0. The van der Waals surface area contributed by atoms with Gasteiger partial charge in [-0.3, -0.25) is 14.5 Å². The Morgan fingerprint density at radius 2 is 2.33 bits per heavy atom. The molecule has 1 saturated heterocycles. The molecule has 1 rings (SSSR count). The van der Waals surface area contributed by atoms with Crippen molar-refractivity contribution < 1.29 is 14.7 Å². The molecule has 0 aromatic rings. The summed E-state index contributed by atoms with van der Waals surface area (Å²) in [6.07, 6.45) is 1.93. The lowest BCUT2D eigenvalue weighted by Crippen LogP contribution is -2.57. The molecule has 0 aromatic carbocycles. The van der Waals surface area contributed by atoms with Crippen LogP contribution >= 0.6 is 0 Å². The van der Waals surface area contributed by atoms with Crippen molar-refractivity contribution in [2.75, 3.05) is 19.6 Å². The maximum Gasteiger partial charge on any atom is 0.322 e. The Morgan fingerprint density at radius 3 is 2.87 bits per heavy atom. The van der Waals surface area contributed by atoms with Crippen molar-refractivity contribution in [3.63, 3.8) is 0 Å². The van der Waals surface area contributed by atoms with Crippen molar-refractivity contribution in [3.05, 3.63) is 11.6 Å². The van der Waals surface area contributed by atoms with E-state index in [1.165, 1.54) is 0 Å². The van der Waals surface area contributed by atoms with Gasteiger partial charge in [0, 0.05) is 13.1 Å². The number of carboxylic acids is 1. The molecule has 0 radical (unpaired) electrons. The average molecular weight is 212 g/mol. The first kappa shape index (κ1) is 11.7. The third-order valence-electron chi connectivity index (χ3n) is 2.30. The Labute approximate surface area is 88.8 Å². The predicted octanol–water partition coefficient (Wildman–Crippen LogP) is -0.162. The van der Waals surface area contributed by atoms with Crippen LogP contribution in [0.25, 0.3) is 0 Å². The molecule has 84 valence electrons. The number of nitrogens with one attached hydrogen (secondary N) is 1. The number of piperazine rings is 1. The second-order valence-electron chi connectivity index (χ2n) is 3.87. The van der Waals surface area contributed by atoms with Gasteiger partial charge in [0.1, 0.15) is 6.04 Å². The van der Waals surface area contributed by atoms with Crippen LogP contribution in [0.15, 0.2) is 11.6 Å². The Morgan fingerprint density at radius 1 is 1.67 bits per heavy atom. The molecule has 5 heteroatoms. The van der Waals surface area contributed by atoms with E-state index in [-0.39, 0.29) is 19.0 Å². The summed E-state index contributed by atoms with van der Waals surface area (Å²) in [6, 6.07) is -0.613. The number of carboxylic acid groups (broad SMARTS) is 1. The van der Waals surface area contributed by atoms with Crippen LogP contribution < -0.4 is 5.32 Å². The van der Waals surface area contributed by atoms with Gasteiger partial charge in [-0.1, -0.05) is 11.6 Å². The van der Waals surface area contributed by atoms with Crippen molar-refractivity contribution in [1.82, 2.24) is 10.2 Å². The molecular formula is C10H16N2O3. The summed E-state index contributed by atoms with van der Waals surface area (Å²) in [5, 5.41) is 11.5. The number of carbonyl (C=O) groups is 2. The summed E-state index contributed by atoms with van der Waals surface area (Å²) in [5.74, 6) is -1.01. The van der Waals surface area contributed by atoms with Crippen LogP contribution in [0.2, 0.25) is 0 Å². The number of nitrogens with zero attached hydrogens (tertiary/aromatic N) is 1. The van der Waals surface area contributed by atoms with E-state index in [9.17, 15) is 9.59 Å². The number of rotatable bonds is 3. The van der Waals surface area contributed by atoms with E-state index >= 15 is 0 Å². The molecule has 1 aliphatic heterocycles. The van der Waals surface area contributed by atoms with E-state index in [4.69, 9.17) is 5.11 Å². The smallest absolute Gasteiger partial charge is 0.322 e. The van der Waals surface area contributed by atoms with E-state index in [1.54, 1.807) is 4.90 Å². The van der Waals surface area contributed by atoms with E-state index in [2.05, 4.69) is 5.32 Å². The van der Waals surface area contributed by atoms with Gasteiger partial charge in [-0.15, -0.1) is 0 Å². The van der Waals surface area contributed by atoms with Crippen LogP contribution in [0.3, 0.4) is 0 Å². The van der Waals surface area contributed by atoms with Crippen LogP contribution in [0.5, 0.6) is 0 Å². The molecule has 15 heavy (non-hydrogen) atoms. The Kier molecular flexibility index (Phi) is 3.85. The number of allylic oxidation sites excluding steroid dienone is 1. The minimum atomic E-state index is -0.892. The zero-order valence-corrected chi connectivity index (χ0v) is 8.99. The first-order valence-electron chi connectivity index (χ1n) is 4.87. The van der Waals surface area contributed by atoms with Gasteiger partial charge in [-0.25, -0.2) is 0 Å². The highest BCUT2D eigenvalue weighted by Gasteiger charge is 2.30. The predicted molar refractivity (Wildman–Crippen MR) is 55.4 cm³/mol. The summed E-state index contributed by atoms with van der Waals surface area (Å²) in [7, 11) is 0. The molecule has 1 amide bonds. The fraction of sp³-hybridized carbons (Fsp3) is 0.600. The van der Waals surface area contributed by atoms with Gasteiger partial charge in [0.05, 0.1) is 6.54 Å². The zero-order valence-electron chi connectivity index (χ0n) is 8.99.